The quantitative estimate of drug-likeness (QED) is 0.560. The van der Waals surface area contributed by atoms with Crippen LogP contribution in [-0.4, -0.2) is 45.5 Å². The number of thiophene rings is 1. The van der Waals surface area contributed by atoms with E-state index in [9.17, 15) is 8.78 Å². The van der Waals surface area contributed by atoms with Gasteiger partial charge in [-0.1, -0.05) is 23.7 Å². The lowest BCUT2D eigenvalue weighted by Gasteiger charge is -2.34. The van der Waals surface area contributed by atoms with E-state index < -0.39 is 6.55 Å². The average molecular weight is 423 g/mol. The molecule has 1 aromatic carbocycles. The summed E-state index contributed by atoms with van der Waals surface area (Å²) in [6.45, 7) is 2.39. The summed E-state index contributed by atoms with van der Waals surface area (Å²) in [6.07, 6.45) is 2.78. The van der Waals surface area contributed by atoms with Crippen LogP contribution in [0.2, 0.25) is 5.02 Å². The predicted molar refractivity (Wildman–Crippen MR) is 109 cm³/mol. The minimum atomic E-state index is -2.53. The summed E-state index contributed by atoms with van der Waals surface area (Å²) in [7, 11) is 0. The van der Waals surface area contributed by atoms with Crippen molar-refractivity contribution < 1.29 is 8.78 Å². The van der Waals surface area contributed by atoms with E-state index in [1.165, 1.54) is 27.7 Å². The smallest absolute Gasteiger partial charge is 0.296 e. The zero-order valence-electron chi connectivity index (χ0n) is 15.3. The molecule has 0 aliphatic carbocycles. The Labute approximate surface area is 172 Å². The number of piperazine rings is 1. The van der Waals surface area contributed by atoms with E-state index in [-0.39, 0.29) is 0 Å². The van der Waals surface area contributed by atoms with Crippen molar-refractivity contribution in [2.75, 3.05) is 26.2 Å². The van der Waals surface area contributed by atoms with Crippen LogP contribution in [0.4, 0.5) is 8.78 Å². The van der Waals surface area contributed by atoms with Crippen LogP contribution < -0.4 is 0 Å². The van der Waals surface area contributed by atoms with Gasteiger partial charge in [0.2, 0.25) is 0 Å². The van der Waals surface area contributed by atoms with Gasteiger partial charge in [-0.2, -0.15) is 8.78 Å². The Morgan fingerprint density at radius 2 is 1.64 bits per heavy atom. The van der Waals surface area contributed by atoms with Crippen LogP contribution >= 0.6 is 22.9 Å². The molecule has 0 amide bonds. The number of hydrogen-bond acceptors (Lipinski definition) is 4. The van der Waals surface area contributed by atoms with Gasteiger partial charge in [-0.15, -0.1) is 11.3 Å². The fourth-order valence-corrected chi connectivity index (χ4v) is 4.58. The third-order valence-electron chi connectivity index (χ3n) is 4.96. The molecule has 4 nitrogen and oxygen atoms in total. The molecular formula is C20H21ClF2N4S. The standard InChI is InChI=1S/C20H21ClF2N4S/c21-16-3-1-15(2-4-16)18-6-5-17(28-18)13-25-9-11-26(12-10-25)14-19-24-7-8-27(19)20(22)23/h1-8,20H,9-14H2. The zero-order chi connectivity index (χ0) is 19.5. The van der Waals surface area contributed by atoms with E-state index in [1.54, 1.807) is 11.3 Å². The second-order valence-corrected chi connectivity index (χ2v) is 8.46. The van der Waals surface area contributed by atoms with Crippen molar-refractivity contribution in [1.29, 1.82) is 0 Å². The Morgan fingerprint density at radius 3 is 2.32 bits per heavy atom. The molecule has 1 fully saturated rings. The van der Waals surface area contributed by atoms with Gasteiger partial charge < -0.3 is 0 Å². The maximum absolute atomic E-state index is 13.0. The molecule has 0 unspecified atom stereocenters. The second-order valence-electron chi connectivity index (χ2n) is 6.85. The summed E-state index contributed by atoms with van der Waals surface area (Å²) >= 11 is 7.76. The van der Waals surface area contributed by atoms with Crippen LogP contribution in [0.5, 0.6) is 0 Å². The summed E-state index contributed by atoms with van der Waals surface area (Å²) in [5.74, 6) is 0.425. The Morgan fingerprint density at radius 1 is 0.964 bits per heavy atom. The van der Waals surface area contributed by atoms with E-state index in [2.05, 4.69) is 26.9 Å². The van der Waals surface area contributed by atoms with Crippen molar-refractivity contribution in [1.82, 2.24) is 19.4 Å². The van der Waals surface area contributed by atoms with Gasteiger partial charge in [-0.25, -0.2) is 4.98 Å². The number of hydrogen-bond donors (Lipinski definition) is 0. The summed E-state index contributed by atoms with van der Waals surface area (Å²) in [4.78, 5) is 11.2. The van der Waals surface area contributed by atoms with Crippen molar-refractivity contribution >= 4 is 22.9 Å². The van der Waals surface area contributed by atoms with E-state index in [0.717, 1.165) is 42.3 Å². The van der Waals surface area contributed by atoms with Crippen LogP contribution in [0.15, 0.2) is 48.8 Å². The molecule has 8 heteroatoms. The van der Waals surface area contributed by atoms with Crippen LogP contribution in [0.25, 0.3) is 10.4 Å². The summed E-state index contributed by atoms with van der Waals surface area (Å²) < 4.78 is 26.8. The lowest BCUT2D eigenvalue weighted by molar-refractivity contribution is 0.0603. The molecule has 1 aliphatic heterocycles. The highest BCUT2D eigenvalue weighted by Gasteiger charge is 2.20. The Bertz CT molecular complexity index is 901. The van der Waals surface area contributed by atoms with Crippen molar-refractivity contribution in [2.24, 2.45) is 0 Å². The van der Waals surface area contributed by atoms with Gasteiger partial charge in [0.1, 0.15) is 5.82 Å². The van der Waals surface area contributed by atoms with Crippen molar-refractivity contribution in [3.05, 3.63) is 64.5 Å². The minimum absolute atomic E-state index is 0.425. The maximum Gasteiger partial charge on any atom is 0.319 e. The van der Waals surface area contributed by atoms with E-state index in [0.29, 0.717) is 12.4 Å². The maximum atomic E-state index is 13.0. The normalized spacial score (nSPS) is 16.1. The zero-order valence-corrected chi connectivity index (χ0v) is 16.8. The first-order chi connectivity index (χ1) is 13.6. The fraction of sp³-hybridized carbons (Fsp3) is 0.350. The molecule has 4 rings (SSSR count). The first-order valence-corrected chi connectivity index (χ1v) is 10.4. The van der Waals surface area contributed by atoms with Gasteiger partial charge in [0.05, 0.1) is 6.54 Å². The molecule has 0 N–H and O–H groups in total. The van der Waals surface area contributed by atoms with Gasteiger partial charge in [-0.05, 0) is 29.8 Å². The highest BCUT2D eigenvalue weighted by Crippen LogP contribution is 2.30. The fourth-order valence-electron chi connectivity index (χ4n) is 3.40. The topological polar surface area (TPSA) is 24.3 Å². The number of nitrogens with zero attached hydrogens (tertiary/aromatic N) is 4. The van der Waals surface area contributed by atoms with Crippen LogP contribution in [0, 0.1) is 0 Å². The van der Waals surface area contributed by atoms with E-state index in [1.807, 2.05) is 24.3 Å². The SMILES string of the molecule is FC(F)n1ccnc1CN1CCN(Cc2ccc(-c3ccc(Cl)cc3)s2)CC1. The van der Waals surface area contributed by atoms with E-state index >= 15 is 0 Å². The first kappa shape index (κ1) is 19.5. The van der Waals surface area contributed by atoms with Crippen molar-refractivity contribution in [2.45, 2.75) is 19.6 Å². The number of alkyl halides is 2. The van der Waals surface area contributed by atoms with Gasteiger partial charge in [-0.3, -0.25) is 14.4 Å². The van der Waals surface area contributed by atoms with Crippen LogP contribution in [-0.2, 0) is 13.1 Å². The summed E-state index contributed by atoms with van der Waals surface area (Å²) in [6, 6.07) is 12.2. The molecule has 0 spiro atoms. The monoisotopic (exact) mass is 422 g/mol. The molecule has 2 aromatic heterocycles. The van der Waals surface area contributed by atoms with Gasteiger partial charge in [0, 0.05) is 59.9 Å². The lowest BCUT2D eigenvalue weighted by atomic mass is 10.2. The van der Waals surface area contributed by atoms with E-state index in [4.69, 9.17) is 11.6 Å². The van der Waals surface area contributed by atoms with Crippen LogP contribution in [0.3, 0.4) is 0 Å². The molecule has 148 valence electrons. The number of imidazole rings is 1. The summed E-state index contributed by atoms with van der Waals surface area (Å²) in [5.41, 5.74) is 1.18. The predicted octanol–water partition coefficient (Wildman–Crippen LogP) is 4.98. The lowest BCUT2D eigenvalue weighted by Crippen LogP contribution is -2.45. The molecule has 28 heavy (non-hydrogen) atoms. The molecule has 3 heterocycles. The molecule has 0 atom stereocenters. The van der Waals surface area contributed by atoms with Gasteiger partial charge >= 0.3 is 6.55 Å². The van der Waals surface area contributed by atoms with Gasteiger partial charge in [0.15, 0.2) is 0 Å². The highest BCUT2D eigenvalue weighted by atomic mass is 35.5. The molecule has 0 radical (unpaired) electrons. The Kier molecular flexibility index (Phi) is 6.06. The third-order valence-corrected chi connectivity index (χ3v) is 6.33. The molecule has 1 saturated heterocycles. The first-order valence-electron chi connectivity index (χ1n) is 9.18. The molecule has 0 bridgehead atoms. The largest absolute Gasteiger partial charge is 0.319 e. The number of aromatic nitrogens is 2. The minimum Gasteiger partial charge on any atom is -0.296 e. The van der Waals surface area contributed by atoms with Crippen LogP contribution in [0.1, 0.15) is 17.3 Å². The Balaban J connectivity index is 1.30. The molecule has 0 saturated carbocycles. The number of rotatable bonds is 6. The third kappa shape index (κ3) is 4.60. The average Bonchev–Trinajstić information content (AvgIpc) is 3.34. The highest BCUT2D eigenvalue weighted by molar-refractivity contribution is 7.15. The van der Waals surface area contributed by atoms with Gasteiger partial charge in [0.25, 0.3) is 0 Å². The second kappa shape index (κ2) is 8.69. The molecule has 1 aliphatic rings. The molecule has 3 aromatic rings. The number of benzene rings is 1. The van der Waals surface area contributed by atoms with Crippen molar-refractivity contribution in [3.8, 4) is 10.4 Å². The number of halogens is 3. The molecular weight excluding hydrogens is 402 g/mol. The van der Waals surface area contributed by atoms with Crippen molar-refractivity contribution in [3.63, 3.8) is 0 Å². The Hall–Kier alpha value is -1.80. The summed E-state index contributed by atoms with van der Waals surface area (Å²) in [5, 5.41) is 0.745.